The molecule has 8 nitrogen and oxygen atoms in total. The van der Waals surface area contributed by atoms with Gasteiger partial charge in [-0.3, -0.25) is 9.59 Å². The predicted molar refractivity (Wildman–Crippen MR) is 151 cm³/mol. The summed E-state index contributed by atoms with van der Waals surface area (Å²) in [6, 6.07) is 10.6. The quantitative estimate of drug-likeness (QED) is 0.430. The number of likely N-dealkylation sites (tertiary alicyclic amines) is 1. The fourth-order valence-electron chi connectivity index (χ4n) is 4.99. The first kappa shape index (κ1) is 30.3. The molecule has 2 amide bonds. The van der Waals surface area contributed by atoms with Crippen LogP contribution in [0.3, 0.4) is 0 Å². The molecule has 1 N–H and O–H groups in total. The number of amides is 2. The van der Waals surface area contributed by atoms with Crippen LogP contribution in [-0.4, -0.2) is 117 Å². The minimum Gasteiger partial charge on any atom is -0.494 e. The van der Waals surface area contributed by atoms with Crippen LogP contribution in [0.4, 0.5) is 18.2 Å². The van der Waals surface area contributed by atoms with Crippen molar-refractivity contribution < 1.29 is 27.5 Å². The van der Waals surface area contributed by atoms with Crippen LogP contribution in [0.25, 0.3) is 10.4 Å². The zero-order valence-electron chi connectivity index (χ0n) is 23.1. The molecule has 0 saturated carbocycles. The predicted octanol–water partition coefficient (Wildman–Crippen LogP) is 3.86. The van der Waals surface area contributed by atoms with E-state index in [0.29, 0.717) is 42.4 Å². The largest absolute Gasteiger partial charge is 0.494 e. The van der Waals surface area contributed by atoms with Crippen molar-refractivity contribution in [2.45, 2.75) is 31.5 Å². The number of ether oxygens (including phenoxy) is 1. The van der Waals surface area contributed by atoms with Crippen LogP contribution < -0.4 is 10.1 Å². The maximum Gasteiger partial charge on any atom is 0.471 e. The molecule has 12 heteroatoms. The van der Waals surface area contributed by atoms with Crippen molar-refractivity contribution in [3.8, 4) is 16.2 Å². The van der Waals surface area contributed by atoms with E-state index in [1.807, 2.05) is 42.3 Å². The van der Waals surface area contributed by atoms with Crippen LogP contribution in [0.15, 0.2) is 36.4 Å². The average Bonchev–Trinajstić information content (AvgIpc) is 3.39. The zero-order chi connectivity index (χ0) is 28.7. The summed E-state index contributed by atoms with van der Waals surface area (Å²) < 4.78 is 45.7. The summed E-state index contributed by atoms with van der Waals surface area (Å²) in [6.07, 6.45) is -3.28. The second-order valence-corrected chi connectivity index (χ2v) is 11.6. The first-order chi connectivity index (χ1) is 19.1. The summed E-state index contributed by atoms with van der Waals surface area (Å²) in [5.41, 5.74) is 0.940. The molecule has 2 aliphatic rings. The van der Waals surface area contributed by atoms with Gasteiger partial charge in [0, 0.05) is 43.6 Å². The molecule has 2 aromatic rings. The van der Waals surface area contributed by atoms with Gasteiger partial charge < -0.3 is 29.7 Å². The van der Waals surface area contributed by atoms with E-state index < -0.39 is 30.6 Å². The number of thiophene rings is 1. The van der Waals surface area contributed by atoms with E-state index in [2.05, 4.69) is 22.2 Å². The van der Waals surface area contributed by atoms with E-state index in [1.54, 1.807) is 6.07 Å². The highest BCUT2D eigenvalue weighted by molar-refractivity contribution is 7.19. The third kappa shape index (κ3) is 8.66. The van der Waals surface area contributed by atoms with Gasteiger partial charge in [0.25, 0.3) is 0 Å². The number of hydrogen-bond acceptors (Lipinski definition) is 7. The summed E-state index contributed by atoms with van der Waals surface area (Å²) in [4.78, 5) is 33.2. The second kappa shape index (κ2) is 13.8. The minimum atomic E-state index is -5.03. The number of carbonyl (C=O) groups is 2. The third-order valence-electron chi connectivity index (χ3n) is 7.44. The number of hydrogen-bond donors (Lipinski definition) is 1. The molecule has 0 atom stereocenters. The second-order valence-electron chi connectivity index (χ2n) is 10.5. The Morgan fingerprint density at radius 2 is 1.62 bits per heavy atom. The fourth-order valence-corrected chi connectivity index (χ4v) is 5.92. The van der Waals surface area contributed by atoms with E-state index in [1.165, 1.54) is 11.3 Å². The molecule has 40 heavy (non-hydrogen) atoms. The Bertz CT molecular complexity index is 1110. The summed E-state index contributed by atoms with van der Waals surface area (Å²) in [5.74, 6) is -1.83. The van der Waals surface area contributed by atoms with Crippen molar-refractivity contribution in [2.75, 3.05) is 78.4 Å². The van der Waals surface area contributed by atoms with Crippen molar-refractivity contribution in [2.24, 2.45) is 0 Å². The van der Waals surface area contributed by atoms with Crippen LogP contribution in [0.1, 0.15) is 19.3 Å². The Labute approximate surface area is 237 Å². The smallest absolute Gasteiger partial charge is 0.471 e. The number of benzene rings is 1. The van der Waals surface area contributed by atoms with Gasteiger partial charge in [0.15, 0.2) is 0 Å². The van der Waals surface area contributed by atoms with Crippen molar-refractivity contribution >= 4 is 28.2 Å². The molecular formula is C28H38F3N5O3S. The molecular weight excluding hydrogens is 543 g/mol. The van der Waals surface area contributed by atoms with Gasteiger partial charge in [0.1, 0.15) is 12.3 Å². The lowest BCUT2D eigenvalue weighted by Crippen LogP contribution is -2.53. The number of halogens is 3. The Balaban J connectivity index is 1.27. The summed E-state index contributed by atoms with van der Waals surface area (Å²) >= 11 is 1.32. The van der Waals surface area contributed by atoms with E-state index in [-0.39, 0.29) is 0 Å². The monoisotopic (exact) mass is 581 g/mol. The number of likely N-dealkylation sites (N-methyl/N-ethyl adjacent to an activating group) is 1. The Hall–Kier alpha value is -2.67. The molecule has 2 fully saturated rings. The number of nitrogens with one attached hydrogen (secondary N) is 1. The number of rotatable bonds is 10. The SMILES string of the molecule is CN1CCC(N(CC(=O)Nc2ccc(-c3ccc(OCCCN4CCN(C)CC4)cc3)s2)C(=O)C(F)(F)F)CC1. The standard InChI is InChI=1S/C28H38F3N5O3S/c1-33-13-10-22(11-14-33)36(27(38)28(29,30)31)20-25(37)32-26-9-8-24(40-26)21-4-6-23(7-5-21)39-19-3-12-35-17-15-34(2)16-18-35/h4-9,22H,3,10-20H2,1-2H3,(H,32,37). The van der Waals surface area contributed by atoms with Gasteiger partial charge in [-0.1, -0.05) is 0 Å². The number of anilines is 1. The van der Waals surface area contributed by atoms with Crippen LogP contribution in [-0.2, 0) is 9.59 Å². The fraction of sp³-hybridized carbons (Fsp3) is 0.571. The van der Waals surface area contributed by atoms with Gasteiger partial charge in [0.2, 0.25) is 5.91 Å². The lowest BCUT2D eigenvalue weighted by atomic mass is 10.0. The van der Waals surface area contributed by atoms with Crippen molar-refractivity contribution in [1.82, 2.24) is 19.6 Å². The van der Waals surface area contributed by atoms with Gasteiger partial charge in [-0.15, -0.1) is 11.3 Å². The third-order valence-corrected chi connectivity index (χ3v) is 8.49. The number of piperidine rings is 1. The molecule has 0 radical (unpaired) electrons. The van der Waals surface area contributed by atoms with Crippen LogP contribution >= 0.6 is 11.3 Å². The molecule has 2 saturated heterocycles. The Kier molecular flexibility index (Phi) is 10.4. The normalized spacial score (nSPS) is 18.0. The van der Waals surface area contributed by atoms with Crippen molar-refractivity contribution in [1.29, 1.82) is 0 Å². The van der Waals surface area contributed by atoms with E-state index >= 15 is 0 Å². The lowest BCUT2D eigenvalue weighted by Gasteiger charge is -2.37. The molecule has 3 heterocycles. The molecule has 1 aromatic carbocycles. The van der Waals surface area contributed by atoms with Gasteiger partial charge in [0.05, 0.1) is 11.6 Å². The number of nitrogens with zero attached hydrogens (tertiary/aromatic N) is 4. The van der Waals surface area contributed by atoms with Crippen molar-refractivity contribution in [3.63, 3.8) is 0 Å². The number of piperazine rings is 1. The Morgan fingerprint density at radius 3 is 2.27 bits per heavy atom. The van der Waals surface area contributed by atoms with Gasteiger partial charge in [-0.2, -0.15) is 13.2 Å². The molecule has 0 unspecified atom stereocenters. The molecule has 2 aliphatic heterocycles. The first-order valence-corrected chi connectivity index (χ1v) is 14.5. The number of alkyl halides is 3. The lowest BCUT2D eigenvalue weighted by molar-refractivity contribution is -0.188. The van der Waals surface area contributed by atoms with Crippen LogP contribution in [0.5, 0.6) is 5.75 Å². The Morgan fingerprint density at radius 1 is 0.975 bits per heavy atom. The highest BCUT2D eigenvalue weighted by Crippen LogP contribution is 2.32. The van der Waals surface area contributed by atoms with Crippen LogP contribution in [0, 0.1) is 0 Å². The molecule has 220 valence electrons. The van der Waals surface area contributed by atoms with Gasteiger partial charge in [-0.05, 0) is 88.4 Å². The van der Waals surface area contributed by atoms with Gasteiger partial charge in [-0.25, -0.2) is 0 Å². The molecule has 0 aliphatic carbocycles. The molecule has 1 aromatic heterocycles. The maximum atomic E-state index is 13.3. The maximum absolute atomic E-state index is 13.3. The zero-order valence-corrected chi connectivity index (χ0v) is 23.9. The average molecular weight is 582 g/mol. The van der Waals surface area contributed by atoms with E-state index in [0.717, 1.165) is 55.3 Å². The summed E-state index contributed by atoms with van der Waals surface area (Å²) in [7, 11) is 4.03. The summed E-state index contributed by atoms with van der Waals surface area (Å²) in [6.45, 7) is 6.57. The highest BCUT2D eigenvalue weighted by Gasteiger charge is 2.45. The summed E-state index contributed by atoms with van der Waals surface area (Å²) in [5, 5.41) is 3.17. The topological polar surface area (TPSA) is 68.4 Å². The first-order valence-electron chi connectivity index (χ1n) is 13.7. The number of carbonyl (C=O) groups excluding carboxylic acids is 2. The molecule has 4 rings (SSSR count). The van der Waals surface area contributed by atoms with E-state index in [4.69, 9.17) is 4.74 Å². The van der Waals surface area contributed by atoms with Crippen molar-refractivity contribution in [3.05, 3.63) is 36.4 Å². The highest BCUT2D eigenvalue weighted by atomic mass is 32.1. The molecule has 0 bridgehead atoms. The molecule has 0 spiro atoms. The van der Waals surface area contributed by atoms with Gasteiger partial charge >= 0.3 is 12.1 Å². The van der Waals surface area contributed by atoms with E-state index in [9.17, 15) is 22.8 Å². The minimum absolute atomic E-state index is 0.394. The van der Waals surface area contributed by atoms with Crippen LogP contribution in [0.2, 0.25) is 0 Å².